The monoisotopic (exact) mass is 324 g/mol. The van der Waals surface area contributed by atoms with E-state index in [1.165, 1.54) is 31.2 Å². The van der Waals surface area contributed by atoms with E-state index in [4.69, 9.17) is 0 Å². The summed E-state index contributed by atoms with van der Waals surface area (Å²) in [6.07, 6.45) is 5.16. The zero-order chi connectivity index (χ0) is 16.9. The van der Waals surface area contributed by atoms with Gasteiger partial charge in [0, 0.05) is 24.8 Å². The molecule has 0 bridgehead atoms. The van der Waals surface area contributed by atoms with E-state index in [2.05, 4.69) is 64.4 Å². The van der Waals surface area contributed by atoms with Crippen molar-refractivity contribution in [1.29, 1.82) is 0 Å². The van der Waals surface area contributed by atoms with Crippen LogP contribution in [0.3, 0.4) is 0 Å². The Morgan fingerprint density at radius 1 is 1.00 bits per heavy atom. The second-order valence-corrected chi connectivity index (χ2v) is 6.93. The molecule has 1 aromatic heterocycles. The van der Waals surface area contributed by atoms with Crippen LogP contribution in [0.2, 0.25) is 0 Å². The lowest BCUT2D eigenvalue weighted by Gasteiger charge is -2.22. The summed E-state index contributed by atoms with van der Waals surface area (Å²) in [4.78, 5) is 11.7. The molecule has 1 N–H and O–H groups in total. The number of benzene rings is 1. The third-order valence-electron chi connectivity index (χ3n) is 4.60. The molecule has 0 amide bonds. The molecule has 0 unspecified atom stereocenters. The van der Waals surface area contributed by atoms with Gasteiger partial charge in [0.25, 0.3) is 0 Å². The lowest BCUT2D eigenvalue weighted by atomic mass is 10.0. The number of anilines is 3. The van der Waals surface area contributed by atoms with Crippen molar-refractivity contribution in [3.63, 3.8) is 0 Å². The Morgan fingerprint density at radius 2 is 1.71 bits per heavy atom. The summed E-state index contributed by atoms with van der Waals surface area (Å²) in [5.74, 6) is 3.23. The van der Waals surface area contributed by atoms with E-state index < -0.39 is 0 Å². The van der Waals surface area contributed by atoms with E-state index >= 15 is 0 Å². The molecule has 1 saturated heterocycles. The molecule has 0 radical (unpaired) electrons. The van der Waals surface area contributed by atoms with Gasteiger partial charge in [-0.1, -0.05) is 44.9 Å². The molecule has 2 heterocycles. The van der Waals surface area contributed by atoms with Crippen LogP contribution in [-0.4, -0.2) is 23.1 Å². The van der Waals surface area contributed by atoms with Gasteiger partial charge in [-0.15, -0.1) is 0 Å². The third-order valence-corrected chi connectivity index (χ3v) is 4.60. The minimum absolute atomic E-state index is 0.474. The molecule has 24 heavy (non-hydrogen) atoms. The van der Waals surface area contributed by atoms with Crippen LogP contribution >= 0.6 is 0 Å². The molecule has 0 atom stereocenters. The molecule has 0 saturated carbocycles. The van der Waals surface area contributed by atoms with Gasteiger partial charge in [0.2, 0.25) is 0 Å². The van der Waals surface area contributed by atoms with Crippen molar-refractivity contribution in [2.75, 3.05) is 23.3 Å². The Bertz CT molecular complexity index is 673. The van der Waals surface area contributed by atoms with Crippen LogP contribution in [0.4, 0.5) is 17.3 Å². The summed E-state index contributed by atoms with van der Waals surface area (Å²) >= 11 is 0. The summed E-state index contributed by atoms with van der Waals surface area (Å²) in [7, 11) is 0. The summed E-state index contributed by atoms with van der Waals surface area (Å²) < 4.78 is 0. The molecule has 1 aliphatic rings. The molecular formula is C20H28N4. The molecule has 128 valence electrons. The lowest BCUT2D eigenvalue weighted by Crippen LogP contribution is -2.25. The molecular weight excluding hydrogens is 296 g/mol. The number of aryl methyl sites for hydroxylation is 1. The summed E-state index contributed by atoms with van der Waals surface area (Å²) in [5, 5.41) is 3.51. The predicted octanol–water partition coefficient (Wildman–Crippen LogP) is 5.03. The Balaban J connectivity index is 1.86. The molecule has 0 aliphatic carbocycles. The number of nitrogens with zero attached hydrogens (tertiary/aromatic N) is 3. The van der Waals surface area contributed by atoms with Gasteiger partial charge in [-0.3, -0.25) is 0 Å². The number of rotatable bonds is 4. The van der Waals surface area contributed by atoms with Crippen LogP contribution < -0.4 is 10.2 Å². The molecule has 0 spiro atoms. The largest absolute Gasteiger partial charge is 0.356 e. The number of hydrogen-bond acceptors (Lipinski definition) is 4. The fourth-order valence-electron chi connectivity index (χ4n) is 3.33. The minimum atomic E-state index is 0.474. The standard InChI is InChI=1S/C20H28N4/c1-15(2)17-10-6-7-11-18(17)23-19-14-20(22-16(3)21-19)24-12-8-4-5-9-13-24/h6-7,10-11,14-15H,4-5,8-9,12-13H2,1-3H3,(H,21,22,23). The Hall–Kier alpha value is -2.10. The first-order valence-electron chi connectivity index (χ1n) is 9.10. The number of aromatic nitrogens is 2. The van der Waals surface area contributed by atoms with Crippen LogP contribution in [0.15, 0.2) is 30.3 Å². The van der Waals surface area contributed by atoms with Crippen LogP contribution in [0.5, 0.6) is 0 Å². The zero-order valence-corrected chi connectivity index (χ0v) is 15.0. The average Bonchev–Trinajstić information content (AvgIpc) is 2.84. The van der Waals surface area contributed by atoms with E-state index in [9.17, 15) is 0 Å². The molecule has 1 fully saturated rings. The smallest absolute Gasteiger partial charge is 0.136 e. The SMILES string of the molecule is Cc1nc(Nc2ccccc2C(C)C)cc(N2CCCCCC2)n1. The van der Waals surface area contributed by atoms with Crippen molar-refractivity contribution in [2.24, 2.45) is 0 Å². The van der Waals surface area contributed by atoms with Crippen LogP contribution in [0.25, 0.3) is 0 Å². The highest BCUT2D eigenvalue weighted by Crippen LogP contribution is 2.28. The maximum Gasteiger partial charge on any atom is 0.136 e. The second kappa shape index (κ2) is 7.65. The number of nitrogens with one attached hydrogen (secondary N) is 1. The van der Waals surface area contributed by atoms with E-state index in [0.29, 0.717) is 5.92 Å². The number of hydrogen-bond donors (Lipinski definition) is 1. The van der Waals surface area contributed by atoms with E-state index in [0.717, 1.165) is 36.2 Å². The minimum Gasteiger partial charge on any atom is -0.356 e. The highest BCUT2D eigenvalue weighted by atomic mass is 15.2. The van der Waals surface area contributed by atoms with Gasteiger partial charge in [-0.05, 0) is 37.3 Å². The quantitative estimate of drug-likeness (QED) is 0.856. The fraction of sp³-hybridized carbons (Fsp3) is 0.500. The first-order chi connectivity index (χ1) is 11.6. The Kier molecular flexibility index (Phi) is 5.34. The van der Waals surface area contributed by atoms with Crippen molar-refractivity contribution in [3.05, 3.63) is 41.7 Å². The zero-order valence-electron chi connectivity index (χ0n) is 15.0. The molecule has 3 rings (SSSR count). The molecule has 1 aliphatic heterocycles. The van der Waals surface area contributed by atoms with Crippen molar-refractivity contribution < 1.29 is 0 Å². The molecule has 4 nitrogen and oxygen atoms in total. The van der Waals surface area contributed by atoms with Crippen LogP contribution in [0.1, 0.15) is 56.8 Å². The topological polar surface area (TPSA) is 41.1 Å². The Morgan fingerprint density at radius 3 is 2.42 bits per heavy atom. The summed E-state index contributed by atoms with van der Waals surface area (Å²) in [6.45, 7) is 8.60. The van der Waals surface area contributed by atoms with Gasteiger partial charge in [0.15, 0.2) is 0 Å². The molecule has 2 aromatic rings. The van der Waals surface area contributed by atoms with Gasteiger partial charge < -0.3 is 10.2 Å². The normalized spacial score (nSPS) is 15.4. The van der Waals surface area contributed by atoms with E-state index in [-0.39, 0.29) is 0 Å². The van der Waals surface area contributed by atoms with Crippen LogP contribution in [-0.2, 0) is 0 Å². The van der Waals surface area contributed by atoms with Gasteiger partial charge in [-0.25, -0.2) is 9.97 Å². The van der Waals surface area contributed by atoms with Crippen LogP contribution in [0, 0.1) is 6.92 Å². The number of para-hydroxylation sites is 1. The predicted molar refractivity (Wildman–Crippen MR) is 101 cm³/mol. The second-order valence-electron chi connectivity index (χ2n) is 6.93. The van der Waals surface area contributed by atoms with Gasteiger partial charge in [0.1, 0.15) is 17.5 Å². The average molecular weight is 324 g/mol. The van der Waals surface area contributed by atoms with Gasteiger partial charge >= 0.3 is 0 Å². The van der Waals surface area contributed by atoms with Gasteiger partial charge in [0.05, 0.1) is 0 Å². The fourth-order valence-corrected chi connectivity index (χ4v) is 3.33. The van der Waals surface area contributed by atoms with Gasteiger partial charge in [-0.2, -0.15) is 0 Å². The van der Waals surface area contributed by atoms with E-state index in [1.807, 2.05) is 6.92 Å². The van der Waals surface area contributed by atoms with Crippen molar-refractivity contribution in [2.45, 2.75) is 52.4 Å². The third kappa shape index (κ3) is 4.05. The van der Waals surface area contributed by atoms with Crippen molar-refractivity contribution >= 4 is 17.3 Å². The maximum absolute atomic E-state index is 4.67. The first kappa shape index (κ1) is 16.7. The highest BCUT2D eigenvalue weighted by molar-refractivity contribution is 5.63. The van der Waals surface area contributed by atoms with Crippen molar-refractivity contribution in [3.8, 4) is 0 Å². The van der Waals surface area contributed by atoms with Crippen molar-refractivity contribution in [1.82, 2.24) is 9.97 Å². The highest BCUT2D eigenvalue weighted by Gasteiger charge is 2.14. The molecule has 1 aromatic carbocycles. The summed E-state index contributed by atoms with van der Waals surface area (Å²) in [6, 6.07) is 10.6. The van der Waals surface area contributed by atoms with E-state index in [1.54, 1.807) is 0 Å². The Labute approximate surface area is 145 Å². The summed E-state index contributed by atoms with van der Waals surface area (Å²) in [5.41, 5.74) is 2.44. The molecule has 4 heteroatoms. The first-order valence-corrected chi connectivity index (χ1v) is 9.10. The maximum atomic E-state index is 4.67. The lowest BCUT2D eigenvalue weighted by molar-refractivity contribution is 0.726.